The minimum Gasteiger partial charge on any atom is -0.497 e. The Bertz CT molecular complexity index is 1180. The molecule has 0 saturated heterocycles. The number of anilines is 1. The number of non-ortho nitro benzene ring substituents is 1. The van der Waals surface area contributed by atoms with E-state index in [1.54, 1.807) is 38.5 Å². The molecule has 0 aromatic heterocycles. The van der Waals surface area contributed by atoms with Crippen LogP contribution in [0.2, 0.25) is 0 Å². The number of hydrogen-bond donors (Lipinski definition) is 0. The Morgan fingerprint density at radius 2 is 1.82 bits per heavy atom. The molecule has 0 spiro atoms. The normalized spacial score (nSPS) is 19.9. The Balaban J connectivity index is 1.91. The number of benzene rings is 2. The number of carbonyl (C=O) groups excluding carboxylic acids is 2. The molecule has 2 aliphatic rings. The molecule has 1 atom stereocenters. The number of allylic oxidation sites excluding steroid dienone is 2. The summed E-state index contributed by atoms with van der Waals surface area (Å²) >= 11 is 0. The van der Waals surface area contributed by atoms with Gasteiger partial charge in [-0.3, -0.25) is 24.6 Å². The lowest BCUT2D eigenvalue weighted by molar-refractivity contribution is -0.384. The highest BCUT2D eigenvalue weighted by Gasteiger charge is 2.45. The van der Waals surface area contributed by atoms with Crippen molar-refractivity contribution >= 4 is 23.1 Å². The van der Waals surface area contributed by atoms with Gasteiger partial charge in [-0.1, -0.05) is 26.0 Å². The summed E-state index contributed by atoms with van der Waals surface area (Å²) in [5.41, 5.74) is 1.86. The first-order valence-corrected chi connectivity index (χ1v) is 10.7. The zero-order valence-corrected chi connectivity index (χ0v) is 19.1. The number of ketones is 1. The Kier molecular flexibility index (Phi) is 5.69. The van der Waals surface area contributed by atoms with Gasteiger partial charge in [0.1, 0.15) is 11.5 Å². The van der Waals surface area contributed by atoms with Crippen molar-refractivity contribution in [1.29, 1.82) is 0 Å². The lowest BCUT2D eigenvalue weighted by atomic mass is 9.69. The number of nitrogens with zero attached hydrogens (tertiary/aromatic N) is 2. The minimum atomic E-state index is -0.492. The quantitative estimate of drug-likeness (QED) is 0.480. The summed E-state index contributed by atoms with van der Waals surface area (Å²) in [4.78, 5) is 39.3. The molecule has 0 fully saturated rings. The number of nitro groups is 1. The lowest BCUT2D eigenvalue weighted by Gasteiger charge is -2.43. The first-order valence-electron chi connectivity index (χ1n) is 10.7. The number of hydrogen-bond acceptors (Lipinski definition) is 6. The van der Waals surface area contributed by atoms with Gasteiger partial charge < -0.3 is 9.47 Å². The van der Waals surface area contributed by atoms with Crippen molar-refractivity contribution in [2.75, 3.05) is 19.1 Å². The molecule has 0 radical (unpaired) electrons. The molecule has 8 nitrogen and oxygen atoms in total. The van der Waals surface area contributed by atoms with Gasteiger partial charge in [0.15, 0.2) is 5.78 Å². The van der Waals surface area contributed by atoms with Crippen molar-refractivity contribution in [2.45, 2.75) is 39.0 Å². The number of rotatable bonds is 5. The summed E-state index contributed by atoms with van der Waals surface area (Å²) in [7, 11) is 3.10. The third kappa shape index (κ3) is 4.08. The highest BCUT2D eigenvalue weighted by atomic mass is 16.6. The highest BCUT2D eigenvalue weighted by Crippen LogP contribution is 2.50. The van der Waals surface area contributed by atoms with Crippen LogP contribution in [0.15, 0.2) is 53.7 Å². The van der Waals surface area contributed by atoms with Gasteiger partial charge in [0.05, 0.1) is 24.8 Å². The van der Waals surface area contributed by atoms with Crippen LogP contribution in [-0.2, 0) is 9.59 Å². The fraction of sp³-hybridized carbons (Fsp3) is 0.360. The molecule has 0 N–H and O–H groups in total. The Morgan fingerprint density at radius 3 is 2.48 bits per heavy atom. The molecule has 1 heterocycles. The maximum atomic E-state index is 13.5. The number of nitro benzene ring substituents is 1. The van der Waals surface area contributed by atoms with Crippen LogP contribution in [0.5, 0.6) is 11.5 Å². The lowest BCUT2D eigenvalue weighted by Crippen LogP contribution is -2.43. The third-order valence-corrected chi connectivity index (χ3v) is 6.26. The van der Waals surface area contributed by atoms with E-state index in [1.807, 2.05) is 19.9 Å². The number of amides is 1. The summed E-state index contributed by atoms with van der Waals surface area (Å²) in [6, 6.07) is 11.3. The monoisotopic (exact) mass is 450 g/mol. The van der Waals surface area contributed by atoms with Crippen LogP contribution in [-0.4, -0.2) is 30.8 Å². The van der Waals surface area contributed by atoms with Crippen LogP contribution in [0.25, 0.3) is 0 Å². The van der Waals surface area contributed by atoms with Gasteiger partial charge in [-0.05, 0) is 24.0 Å². The second-order valence-electron chi connectivity index (χ2n) is 9.17. The minimum absolute atomic E-state index is 0.0212. The molecule has 4 rings (SSSR count). The summed E-state index contributed by atoms with van der Waals surface area (Å²) in [5, 5.41) is 11.3. The Hall–Kier alpha value is -3.68. The molecule has 8 heteroatoms. The van der Waals surface area contributed by atoms with Gasteiger partial charge in [-0.2, -0.15) is 0 Å². The van der Waals surface area contributed by atoms with Crippen molar-refractivity contribution in [2.24, 2.45) is 5.41 Å². The molecule has 1 aliphatic heterocycles. The van der Waals surface area contributed by atoms with Crippen molar-refractivity contribution in [3.8, 4) is 11.5 Å². The molecule has 0 saturated carbocycles. The second-order valence-corrected chi connectivity index (χ2v) is 9.17. The SMILES string of the molecule is COc1ccc(C2CC(=O)N(c3cccc([N+](=O)[O-])c3)C3=C2C(=O)CC(C)(C)C3)c(OC)c1. The molecule has 33 heavy (non-hydrogen) atoms. The third-order valence-electron chi connectivity index (χ3n) is 6.26. The predicted molar refractivity (Wildman–Crippen MR) is 123 cm³/mol. The van der Waals surface area contributed by atoms with Gasteiger partial charge in [-0.15, -0.1) is 0 Å². The van der Waals surface area contributed by atoms with Crippen LogP contribution in [0.3, 0.4) is 0 Å². The summed E-state index contributed by atoms with van der Waals surface area (Å²) < 4.78 is 10.9. The molecule has 1 aliphatic carbocycles. The van der Waals surface area contributed by atoms with E-state index in [0.29, 0.717) is 41.3 Å². The molecule has 1 amide bonds. The molecular weight excluding hydrogens is 424 g/mol. The van der Waals surface area contributed by atoms with Crippen LogP contribution in [0, 0.1) is 15.5 Å². The fourth-order valence-corrected chi connectivity index (χ4v) is 4.83. The molecular formula is C25H26N2O6. The fourth-order valence-electron chi connectivity index (χ4n) is 4.83. The van der Waals surface area contributed by atoms with Gasteiger partial charge in [0, 0.05) is 53.8 Å². The van der Waals surface area contributed by atoms with Crippen molar-refractivity contribution < 1.29 is 24.0 Å². The van der Waals surface area contributed by atoms with Crippen molar-refractivity contribution in [3.05, 3.63) is 69.4 Å². The molecule has 2 aromatic carbocycles. The average molecular weight is 450 g/mol. The van der Waals surface area contributed by atoms with Crippen LogP contribution in [0.4, 0.5) is 11.4 Å². The smallest absolute Gasteiger partial charge is 0.271 e. The van der Waals surface area contributed by atoms with Crippen LogP contribution < -0.4 is 14.4 Å². The van der Waals surface area contributed by atoms with Gasteiger partial charge >= 0.3 is 0 Å². The topological polar surface area (TPSA) is 99.0 Å². The number of carbonyl (C=O) groups is 2. The standard InChI is InChI=1S/C25H26N2O6/c1-25(2)13-20-24(21(28)14-25)19(18-9-8-17(32-3)11-22(18)33-4)12-23(29)26(20)15-6-5-7-16(10-15)27(30)31/h5-11,19H,12-14H2,1-4H3. The van der Waals surface area contributed by atoms with E-state index in [-0.39, 0.29) is 29.2 Å². The van der Waals surface area contributed by atoms with E-state index in [1.165, 1.54) is 17.0 Å². The van der Waals surface area contributed by atoms with Gasteiger partial charge in [-0.25, -0.2) is 0 Å². The van der Waals surface area contributed by atoms with E-state index >= 15 is 0 Å². The van der Waals surface area contributed by atoms with E-state index in [9.17, 15) is 19.7 Å². The molecule has 0 bridgehead atoms. The van der Waals surface area contributed by atoms with E-state index in [2.05, 4.69) is 0 Å². The second kappa shape index (κ2) is 8.35. The molecule has 2 aromatic rings. The maximum Gasteiger partial charge on any atom is 0.271 e. The number of Topliss-reactive ketones (excluding diaryl/α,β-unsaturated/α-hetero) is 1. The Morgan fingerprint density at radius 1 is 1.06 bits per heavy atom. The van der Waals surface area contributed by atoms with Crippen molar-refractivity contribution in [1.82, 2.24) is 0 Å². The summed E-state index contributed by atoms with van der Waals surface area (Å²) in [5.74, 6) is 0.447. The van der Waals surface area contributed by atoms with Crippen LogP contribution >= 0.6 is 0 Å². The van der Waals surface area contributed by atoms with Crippen molar-refractivity contribution in [3.63, 3.8) is 0 Å². The zero-order valence-electron chi connectivity index (χ0n) is 19.1. The van der Waals surface area contributed by atoms with Gasteiger partial charge in [0.2, 0.25) is 5.91 Å². The summed E-state index contributed by atoms with van der Waals surface area (Å²) in [6.45, 7) is 3.98. The summed E-state index contributed by atoms with van der Waals surface area (Å²) in [6.07, 6.45) is 0.908. The van der Waals surface area contributed by atoms with Crippen LogP contribution in [0.1, 0.15) is 44.6 Å². The molecule has 172 valence electrons. The molecule has 1 unspecified atom stereocenters. The average Bonchev–Trinajstić information content (AvgIpc) is 2.77. The van der Waals surface area contributed by atoms with E-state index in [4.69, 9.17) is 9.47 Å². The zero-order chi connectivity index (χ0) is 23.9. The highest BCUT2D eigenvalue weighted by molar-refractivity contribution is 6.08. The maximum absolute atomic E-state index is 13.5. The van der Waals surface area contributed by atoms with Gasteiger partial charge in [0.25, 0.3) is 5.69 Å². The first kappa shape index (κ1) is 22.5. The largest absolute Gasteiger partial charge is 0.497 e. The van der Waals surface area contributed by atoms with E-state index in [0.717, 1.165) is 5.56 Å². The van der Waals surface area contributed by atoms with E-state index < -0.39 is 10.8 Å². The number of methoxy groups -OCH3 is 2. The predicted octanol–water partition coefficient (Wildman–Crippen LogP) is 4.78. The number of ether oxygens (including phenoxy) is 2. The first-order chi connectivity index (χ1) is 15.6. The Labute approximate surface area is 191 Å².